The van der Waals surface area contributed by atoms with Crippen LogP contribution in [0.15, 0.2) is 105 Å². The van der Waals surface area contributed by atoms with Gasteiger partial charge >= 0.3 is 0 Å². The van der Waals surface area contributed by atoms with Crippen molar-refractivity contribution in [2.45, 2.75) is 19.3 Å². The van der Waals surface area contributed by atoms with Crippen LogP contribution >= 0.6 is 9.90 Å². The molecule has 1 unspecified atom stereocenters. The summed E-state index contributed by atoms with van der Waals surface area (Å²) in [7, 11) is 0. The molecule has 0 radical (unpaired) electrons. The summed E-state index contributed by atoms with van der Waals surface area (Å²) in [4.78, 5) is 18.6. The van der Waals surface area contributed by atoms with Gasteiger partial charge in [0.1, 0.15) is 6.33 Å². The van der Waals surface area contributed by atoms with Gasteiger partial charge in [-0.25, -0.2) is 9.97 Å². The summed E-state index contributed by atoms with van der Waals surface area (Å²) in [5.41, 5.74) is 0. The lowest BCUT2D eigenvalue weighted by Gasteiger charge is -2.08. The van der Waals surface area contributed by atoms with E-state index < -0.39 is 0 Å². The fraction of sp³-hybridized carbons (Fsp3) is 0.227. The molecule has 0 spiro atoms. The van der Waals surface area contributed by atoms with Crippen LogP contribution in [0.1, 0.15) is 19.3 Å². The van der Waals surface area contributed by atoms with Crippen LogP contribution < -0.4 is 5.32 Å². The zero-order valence-corrected chi connectivity index (χ0v) is 19.1. The van der Waals surface area contributed by atoms with E-state index in [1.54, 1.807) is 68.0 Å². The van der Waals surface area contributed by atoms with Crippen molar-refractivity contribution >= 4 is 9.90 Å². The van der Waals surface area contributed by atoms with Gasteiger partial charge in [-0.1, -0.05) is 12.5 Å². The molecule has 1 fully saturated rings. The van der Waals surface area contributed by atoms with Crippen LogP contribution in [0.3, 0.4) is 0 Å². The SMILES string of the molecule is C1CCNCC1.P.c1ccncc1.c1ccnnc1.c1cnccn1.c1cncnc1. The standard InChI is InChI=1S/C5H11N.C5H5N.3C4H4N2.H3P/c2*1-2-4-6-5-3-1;1-2-6-4-3-5-1;1-2-5-4-6-3-1;1-2-4-6-5-3-1;/h6H,1-5H2;1-5H;3*1-4H;1H3. The summed E-state index contributed by atoms with van der Waals surface area (Å²) in [6.45, 7) is 2.50. The highest BCUT2D eigenvalue weighted by molar-refractivity contribution is 6.92. The first-order valence-corrected chi connectivity index (χ1v) is 9.67. The van der Waals surface area contributed by atoms with E-state index in [4.69, 9.17) is 0 Å². The van der Waals surface area contributed by atoms with E-state index in [9.17, 15) is 0 Å². The third-order valence-electron chi connectivity index (χ3n) is 3.21. The van der Waals surface area contributed by atoms with Gasteiger partial charge in [-0.15, -0.1) is 0 Å². The van der Waals surface area contributed by atoms with Crippen LogP contribution in [0.4, 0.5) is 0 Å². The van der Waals surface area contributed by atoms with Crippen LogP contribution in [0.25, 0.3) is 0 Å². The minimum Gasteiger partial charge on any atom is -0.317 e. The first-order valence-electron chi connectivity index (χ1n) is 9.67. The van der Waals surface area contributed by atoms with Gasteiger partial charge in [0, 0.05) is 62.0 Å². The largest absolute Gasteiger partial charge is 0.317 e. The first-order chi connectivity index (χ1) is 15.0. The number of hydrogen-bond acceptors (Lipinski definition) is 8. The monoisotopic (exact) mass is 438 g/mol. The average Bonchev–Trinajstić information content (AvgIpc) is 2.91. The Morgan fingerprint density at radius 1 is 0.419 bits per heavy atom. The number of hydrogen-bond donors (Lipinski definition) is 1. The third-order valence-corrected chi connectivity index (χ3v) is 3.21. The second-order valence-corrected chi connectivity index (χ2v) is 5.55. The third kappa shape index (κ3) is 22.9. The highest BCUT2D eigenvalue weighted by Crippen LogP contribution is 1.96. The van der Waals surface area contributed by atoms with E-state index in [1.807, 2.05) is 30.3 Å². The Kier molecular flexibility index (Phi) is 22.2. The number of pyridine rings is 1. The molecular weight excluding hydrogens is 407 g/mol. The normalized spacial score (nSPS) is 10.8. The van der Waals surface area contributed by atoms with E-state index in [0.717, 1.165) is 0 Å². The quantitative estimate of drug-likeness (QED) is 0.417. The van der Waals surface area contributed by atoms with Crippen LogP contribution in [0.5, 0.6) is 0 Å². The number of nitrogens with zero attached hydrogens (tertiary/aromatic N) is 7. The molecule has 0 bridgehead atoms. The average molecular weight is 439 g/mol. The second kappa shape index (κ2) is 24.8. The summed E-state index contributed by atoms with van der Waals surface area (Å²) in [6.07, 6.45) is 22.4. The Morgan fingerprint density at radius 3 is 1.03 bits per heavy atom. The number of nitrogens with one attached hydrogen (secondary N) is 1. The van der Waals surface area contributed by atoms with Crippen LogP contribution in [-0.2, 0) is 0 Å². The van der Waals surface area contributed by atoms with Crippen molar-refractivity contribution in [2.24, 2.45) is 0 Å². The minimum absolute atomic E-state index is 0. The lowest BCUT2D eigenvalue weighted by atomic mass is 10.2. The maximum absolute atomic E-state index is 3.78. The molecule has 31 heavy (non-hydrogen) atoms. The molecule has 1 saturated heterocycles. The van der Waals surface area contributed by atoms with Crippen molar-refractivity contribution in [2.75, 3.05) is 13.1 Å². The Balaban J connectivity index is 0.000000360. The predicted molar refractivity (Wildman–Crippen MR) is 128 cm³/mol. The molecule has 1 atom stereocenters. The van der Waals surface area contributed by atoms with Crippen molar-refractivity contribution in [3.05, 3.63) is 105 Å². The molecule has 9 heteroatoms. The molecule has 5 heterocycles. The fourth-order valence-corrected chi connectivity index (χ4v) is 1.87. The first kappa shape index (κ1) is 27.8. The Labute approximate surface area is 187 Å². The second-order valence-electron chi connectivity index (χ2n) is 5.55. The van der Waals surface area contributed by atoms with Crippen molar-refractivity contribution in [1.29, 1.82) is 0 Å². The predicted octanol–water partition coefficient (Wildman–Crippen LogP) is 3.33. The highest BCUT2D eigenvalue weighted by atomic mass is 31.0. The van der Waals surface area contributed by atoms with Gasteiger partial charge in [0.05, 0.1) is 0 Å². The van der Waals surface area contributed by atoms with Gasteiger partial charge in [0.15, 0.2) is 0 Å². The molecule has 1 N–H and O–H groups in total. The topological polar surface area (TPSA) is 102 Å². The zero-order valence-electron chi connectivity index (χ0n) is 17.7. The molecule has 1 aliphatic rings. The summed E-state index contributed by atoms with van der Waals surface area (Å²) in [6, 6.07) is 11.1. The molecule has 0 saturated carbocycles. The minimum atomic E-state index is 0. The highest BCUT2D eigenvalue weighted by Gasteiger charge is 1.93. The lowest BCUT2D eigenvalue weighted by molar-refractivity contribution is 0.520. The van der Waals surface area contributed by atoms with Gasteiger partial charge in [0.25, 0.3) is 0 Å². The van der Waals surface area contributed by atoms with Gasteiger partial charge < -0.3 is 5.32 Å². The smallest absolute Gasteiger partial charge is 0.115 e. The van der Waals surface area contributed by atoms with Crippen molar-refractivity contribution < 1.29 is 0 Å². The molecule has 164 valence electrons. The maximum Gasteiger partial charge on any atom is 0.115 e. The number of piperidine rings is 1. The van der Waals surface area contributed by atoms with Gasteiger partial charge in [0.2, 0.25) is 0 Å². The Morgan fingerprint density at radius 2 is 0.871 bits per heavy atom. The summed E-state index contributed by atoms with van der Waals surface area (Å²) in [5, 5.41) is 10.4. The van der Waals surface area contributed by atoms with E-state index in [-0.39, 0.29) is 9.90 Å². The Hall–Kier alpha value is -3.22. The fourth-order valence-electron chi connectivity index (χ4n) is 1.87. The van der Waals surface area contributed by atoms with Crippen LogP contribution in [-0.4, -0.2) is 48.2 Å². The van der Waals surface area contributed by atoms with Gasteiger partial charge in [-0.3, -0.25) is 15.0 Å². The molecule has 8 nitrogen and oxygen atoms in total. The van der Waals surface area contributed by atoms with Crippen molar-refractivity contribution in [3.8, 4) is 0 Å². The van der Waals surface area contributed by atoms with E-state index in [2.05, 4.69) is 40.4 Å². The summed E-state index contributed by atoms with van der Waals surface area (Å²) >= 11 is 0. The Bertz CT molecular complexity index is 520. The molecule has 1 aliphatic heterocycles. The van der Waals surface area contributed by atoms with E-state index in [1.165, 1.54) is 38.7 Å². The summed E-state index contributed by atoms with van der Waals surface area (Å²) in [5.74, 6) is 0. The van der Waals surface area contributed by atoms with Crippen molar-refractivity contribution in [1.82, 2.24) is 40.4 Å². The molecule has 4 aromatic heterocycles. The van der Waals surface area contributed by atoms with E-state index in [0.29, 0.717) is 0 Å². The molecule has 0 amide bonds. The molecule has 0 aliphatic carbocycles. The van der Waals surface area contributed by atoms with Crippen molar-refractivity contribution in [3.63, 3.8) is 0 Å². The van der Waals surface area contributed by atoms with Gasteiger partial charge in [-0.2, -0.15) is 20.1 Å². The van der Waals surface area contributed by atoms with Gasteiger partial charge in [-0.05, 0) is 56.3 Å². The molecule has 5 rings (SSSR count). The van der Waals surface area contributed by atoms with Crippen LogP contribution in [0, 0.1) is 0 Å². The number of rotatable bonds is 0. The molecule has 4 aromatic rings. The summed E-state index contributed by atoms with van der Waals surface area (Å²) < 4.78 is 0. The molecule has 0 aromatic carbocycles. The zero-order chi connectivity index (χ0) is 21.2. The number of aromatic nitrogens is 7. The molecular formula is C22H31N8P. The maximum atomic E-state index is 3.78. The van der Waals surface area contributed by atoms with Crippen LogP contribution in [0.2, 0.25) is 0 Å². The van der Waals surface area contributed by atoms with E-state index >= 15 is 0 Å². The lowest BCUT2D eigenvalue weighted by Crippen LogP contribution is -2.21.